The van der Waals surface area contributed by atoms with Crippen molar-refractivity contribution in [2.24, 2.45) is 0 Å². The molecule has 35 heavy (non-hydrogen) atoms. The van der Waals surface area contributed by atoms with Crippen molar-refractivity contribution in [2.75, 3.05) is 37.6 Å². The van der Waals surface area contributed by atoms with Crippen molar-refractivity contribution in [3.8, 4) is 0 Å². The third-order valence-electron chi connectivity index (χ3n) is 6.51. The van der Waals surface area contributed by atoms with Crippen LogP contribution >= 0.6 is 11.3 Å². The number of halogens is 1. The first-order chi connectivity index (χ1) is 16.8. The van der Waals surface area contributed by atoms with Crippen molar-refractivity contribution < 1.29 is 17.6 Å². The lowest BCUT2D eigenvalue weighted by atomic mass is 10.2. The molecule has 1 unspecified atom stereocenters. The van der Waals surface area contributed by atoms with Crippen LogP contribution < -0.4 is 4.90 Å². The maximum Gasteiger partial charge on any atom is 0.247 e. The van der Waals surface area contributed by atoms with Crippen molar-refractivity contribution in [3.63, 3.8) is 0 Å². The predicted molar refractivity (Wildman–Crippen MR) is 138 cm³/mol. The molecule has 188 valence electrons. The minimum absolute atomic E-state index is 0.180. The van der Waals surface area contributed by atoms with Crippen LogP contribution in [0.2, 0.25) is 0 Å². The molecule has 1 saturated heterocycles. The summed E-state index contributed by atoms with van der Waals surface area (Å²) in [5.41, 5.74) is 1.19. The number of aryl methyl sites for hydroxylation is 1. The zero-order valence-electron chi connectivity index (χ0n) is 20.3. The number of nitrogens with zero attached hydrogens (tertiary/aromatic N) is 4. The molecule has 1 aliphatic heterocycles. The Hall–Kier alpha value is -2.40. The van der Waals surface area contributed by atoms with E-state index in [4.69, 9.17) is 0 Å². The van der Waals surface area contributed by atoms with Crippen LogP contribution in [-0.2, 0) is 14.8 Å². The number of sulfonamides is 1. The number of thiazole rings is 1. The van der Waals surface area contributed by atoms with Crippen LogP contribution in [0.1, 0.15) is 32.3 Å². The highest BCUT2D eigenvalue weighted by molar-refractivity contribution is 7.89. The molecule has 0 N–H and O–H groups in total. The smallest absolute Gasteiger partial charge is 0.247 e. The summed E-state index contributed by atoms with van der Waals surface area (Å²) in [6.45, 7) is 8.88. The zero-order chi connectivity index (χ0) is 25.2. The van der Waals surface area contributed by atoms with Crippen LogP contribution in [0.5, 0.6) is 0 Å². The first-order valence-corrected chi connectivity index (χ1v) is 14.2. The lowest BCUT2D eigenvalue weighted by Crippen LogP contribution is -2.49. The molecule has 0 spiro atoms. The fraction of sp³-hybridized carbons (Fsp3) is 0.440. The number of carbonyl (C=O) groups is 1. The van der Waals surface area contributed by atoms with E-state index in [-0.39, 0.29) is 22.9 Å². The molecule has 1 aromatic heterocycles. The lowest BCUT2D eigenvalue weighted by Gasteiger charge is -2.30. The molecular weight excluding hydrogens is 487 g/mol. The summed E-state index contributed by atoms with van der Waals surface area (Å²) >= 11 is 1.25. The summed E-state index contributed by atoms with van der Waals surface area (Å²) in [7, 11) is -3.84. The van der Waals surface area contributed by atoms with Crippen LogP contribution in [0.15, 0.2) is 47.4 Å². The highest BCUT2D eigenvalue weighted by atomic mass is 32.2. The number of benzene rings is 2. The van der Waals surface area contributed by atoms with Gasteiger partial charge in [0.1, 0.15) is 17.4 Å². The summed E-state index contributed by atoms with van der Waals surface area (Å²) < 4.78 is 43.2. The van der Waals surface area contributed by atoms with E-state index in [0.29, 0.717) is 35.8 Å². The van der Waals surface area contributed by atoms with Gasteiger partial charge in [0.25, 0.3) is 0 Å². The van der Waals surface area contributed by atoms with E-state index < -0.39 is 21.9 Å². The molecule has 0 saturated carbocycles. The fourth-order valence-corrected chi connectivity index (χ4v) is 7.06. The van der Waals surface area contributed by atoms with Gasteiger partial charge in [-0.3, -0.25) is 9.69 Å². The molecule has 1 aliphatic rings. The molecule has 1 atom stereocenters. The molecule has 4 rings (SSSR count). The Morgan fingerprint density at radius 1 is 1.14 bits per heavy atom. The van der Waals surface area contributed by atoms with E-state index in [2.05, 4.69) is 23.7 Å². The number of likely N-dealkylation sites (N-methyl/N-ethyl adjacent to an activating group) is 1. The summed E-state index contributed by atoms with van der Waals surface area (Å²) in [6.07, 6.45) is 1.03. The highest BCUT2D eigenvalue weighted by Gasteiger charge is 2.42. The lowest BCUT2D eigenvalue weighted by molar-refractivity contribution is -0.121. The highest BCUT2D eigenvalue weighted by Crippen LogP contribution is 2.33. The van der Waals surface area contributed by atoms with Gasteiger partial charge in [-0.15, -0.1) is 0 Å². The number of amides is 1. The van der Waals surface area contributed by atoms with Crippen LogP contribution in [0.4, 0.5) is 9.52 Å². The van der Waals surface area contributed by atoms with Gasteiger partial charge in [-0.05, 0) is 57.1 Å². The van der Waals surface area contributed by atoms with E-state index in [1.54, 1.807) is 41.3 Å². The number of carbonyl (C=O) groups excluding carboxylic acids is 1. The fourth-order valence-electron chi connectivity index (χ4n) is 4.40. The number of hydrogen-bond acceptors (Lipinski definition) is 6. The summed E-state index contributed by atoms with van der Waals surface area (Å²) in [5.74, 6) is -0.754. The van der Waals surface area contributed by atoms with Gasteiger partial charge in [-0.25, -0.2) is 17.8 Å². The number of rotatable bonds is 9. The summed E-state index contributed by atoms with van der Waals surface area (Å²) in [6, 6.07) is 10.6. The third kappa shape index (κ3) is 5.25. The Bertz CT molecular complexity index is 1290. The number of aromatic nitrogens is 1. The number of fused-ring (bicyclic) bond motifs is 1. The van der Waals surface area contributed by atoms with Gasteiger partial charge < -0.3 is 4.90 Å². The third-order valence-corrected chi connectivity index (χ3v) is 9.47. The summed E-state index contributed by atoms with van der Waals surface area (Å²) in [4.78, 5) is 22.3. The number of para-hydroxylation sites is 1. The number of anilines is 1. The van der Waals surface area contributed by atoms with Gasteiger partial charge in [0.05, 0.1) is 9.60 Å². The van der Waals surface area contributed by atoms with Gasteiger partial charge in [0.2, 0.25) is 15.9 Å². The average Bonchev–Trinajstić information content (AvgIpc) is 3.51. The quantitative estimate of drug-likeness (QED) is 0.423. The predicted octanol–water partition coefficient (Wildman–Crippen LogP) is 4.27. The first kappa shape index (κ1) is 25.7. The minimum Gasteiger partial charge on any atom is -0.302 e. The molecule has 10 heteroatoms. The van der Waals surface area contributed by atoms with Crippen molar-refractivity contribution in [2.45, 2.75) is 44.6 Å². The molecular formula is C25H31FN4O3S2. The maximum absolute atomic E-state index is 14.4. The van der Waals surface area contributed by atoms with E-state index in [0.717, 1.165) is 18.7 Å². The van der Waals surface area contributed by atoms with E-state index in [1.807, 2.05) is 6.92 Å². The zero-order valence-corrected chi connectivity index (χ0v) is 21.9. The van der Waals surface area contributed by atoms with E-state index in [1.165, 1.54) is 21.7 Å². The molecule has 2 heterocycles. The van der Waals surface area contributed by atoms with Gasteiger partial charge in [-0.2, -0.15) is 4.31 Å². The molecule has 0 bridgehead atoms. The normalized spacial score (nSPS) is 16.9. The van der Waals surface area contributed by atoms with Crippen molar-refractivity contribution in [1.82, 2.24) is 14.2 Å². The van der Waals surface area contributed by atoms with E-state index >= 15 is 0 Å². The Kier molecular flexibility index (Phi) is 7.85. The van der Waals surface area contributed by atoms with Crippen LogP contribution in [-0.4, -0.2) is 67.3 Å². The van der Waals surface area contributed by atoms with Gasteiger partial charge >= 0.3 is 0 Å². The van der Waals surface area contributed by atoms with Crippen molar-refractivity contribution in [3.05, 3.63) is 53.8 Å². The van der Waals surface area contributed by atoms with Crippen LogP contribution in [0, 0.1) is 12.7 Å². The molecule has 2 aromatic carbocycles. The molecule has 3 aromatic rings. The van der Waals surface area contributed by atoms with Crippen LogP contribution in [0.25, 0.3) is 10.2 Å². The largest absolute Gasteiger partial charge is 0.302 e. The van der Waals surface area contributed by atoms with E-state index in [9.17, 15) is 17.6 Å². The molecule has 7 nitrogen and oxygen atoms in total. The molecule has 0 aliphatic carbocycles. The summed E-state index contributed by atoms with van der Waals surface area (Å²) in [5, 5.41) is 0.391. The molecule has 1 amide bonds. The topological polar surface area (TPSA) is 73.8 Å². The Morgan fingerprint density at radius 3 is 2.51 bits per heavy atom. The monoisotopic (exact) mass is 518 g/mol. The van der Waals surface area contributed by atoms with Crippen molar-refractivity contribution in [1.29, 1.82) is 0 Å². The van der Waals surface area contributed by atoms with Crippen LogP contribution in [0.3, 0.4) is 0 Å². The Labute approximate surface area is 210 Å². The Balaban J connectivity index is 1.68. The average molecular weight is 519 g/mol. The second-order valence-electron chi connectivity index (χ2n) is 8.69. The minimum atomic E-state index is -3.84. The molecule has 1 fully saturated rings. The van der Waals surface area contributed by atoms with Gasteiger partial charge in [0, 0.05) is 19.6 Å². The SMILES string of the molecule is CCN(CC)CCN(C(=O)C1CCCN1S(=O)(=O)c1ccc(C)cc1)c1nc2c(F)cccc2s1. The second kappa shape index (κ2) is 10.7. The second-order valence-corrected chi connectivity index (χ2v) is 11.6. The first-order valence-electron chi connectivity index (χ1n) is 11.9. The Morgan fingerprint density at radius 2 is 1.86 bits per heavy atom. The molecule has 0 radical (unpaired) electrons. The van der Waals surface area contributed by atoms with Gasteiger partial charge in [0.15, 0.2) is 5.13 Å². The van der Waals surface area contributed by atoms with Crippen molar-refractivity contribution >= 4 is 42.6 Å². The van der Waals surface area contributed by atoms with Gasteiger partial charge in [-0.1, -0.05) is 48.9 Å². The number of hydrogen-bond donors (Lipinski definition) is 0. The maximum atomic E-state index is 14.4. The standard InChI is InChI=1S/C25H31FN4O3S2/c1-4-28(5-2)16-17-29(25-27-23-20(26)8-6-10-22(23)34-25)24(31)21-9-7-15-30(21)35(32,33)19-13-11-18(3)12-14-19/h6,8,10-14,21H,4-5,7,9,15-17H2,1-3H3.